The molecule has 0 aliphatic heterocycles. The van der Waals surface area contributed by atoms with Gasteiger partial charge in [0.1, 0.15) is 17.0 Å². The first-order chi connectivity index (χ1) is 12.5. The smallest absolute Gasteiger partial charge is 0.257 e. The Morgan fingerprint density at radius 2 is 1.96 bits per heavy atom. The zero-order valence-electron chi connectivity index (χ0n) is 14.7. The van der Waals surface area contributed by atoms with Crippen LogP contribution in [0.2, 0.25) is 0 Å². The first-order valence-electron chi connectivity index (χ1n) is 8.17. The summed E-state index contributed by atoms with van der Waals surface area (Å²) < 4.78 is 24.0. The highest BCUT2D eigenvalue weighted by molar-refractivity contribution is 6.00. The second kappa shape index (κ2) is 7.39. The van der Waals surface area contributed by atoms with Crippen LogP contribution in [0.25, 0.3) is 11.3 Å². The molecule has 3 rings (SSSR count). The van der Waals surface area contributed by atoms with Crippen LogP contribution in [0.15, 0.2) is 53.1 Å². The van der Waals surface area contributed by atoms with Gasteiger partial charge in [0.15, 0.2) is 11.6 Å². The number of aryl methyl sites for hydroxylation is 1. The van der Waals surface area contributed by atoms with Gasteiger partial charge in [0.05, 0.1) is 13.2 Å². The molecule has 0 fully saturated rings. The maximum atomic E-state index is 13.9. The Hall–Kier alpha value is -3.15. The van der Waals surface area contributed by atoms with Crippen molar-refractivity contribution >= 4 is 5.91 Å². The van der Waals surface area contributed by atoms with E-state index in [2.05, 4.69) is 10.5 Å². The fourth-order valence-electron chi connectivity index (χ4n) is 2.74. The maximum absolute atomic E-state index is 13.9. The number of methoxy groups -OCH3 is 1. The molecule has 6 heteroatoms. The second-order valence-electron chi connectivity index (χ2n) is 5.92. The van der Waals surface area contributed by atoms with Crippen LogP contribution in [0.4, 0.5) is 4.39 Å². The van der Waals surface area contributed by atoms with E-state index in [0.29, 0.717) is 22.6 Å². The van der Waals surface area contributed by atoms with Crippen molar-refractivity contribution in [3.05, 3.63) is 71.2 Å². The predicted octanol–water partition coefficient (Wildman–Crippen LogP) is 4.29. The molecule has 5 nitrogen and oxygen atoms in total. The minimum Gasteiger partial charge on any atom is -0.494 e. The summed E-state index contributed by atoms with van der Waals surface area (Å²) in [5.74, 6) is -0.216. The van der Waals surface area contributed by atoms with Crippen molar-refractivity contribution in [1.29, 1.82) is 0 Å². The fraction of sp³-hybridized carbons (Fsp3) is 0.200. The molecule has 0 spiro atoms. The van der Waals surface area contributed by atoms with Gasteiger partial charge in [-0.3, -0.25) is 4.79 Å². The molecule has 0 bridgehead atoms. The van der Waals surface area contributed by atoms with Crippen LogP contribution in [0.5, 0.6) is 5.75 Å². The molecule has 1 N–H and O–H groups in total. The standard InChI is InChI=1S/C20H19FN2O3/c1-12(15-9-10-17(25-3)16(21)11-15)22-20(24)18-13(2)26-23-19(18)14-7-5-4-6-8-14/h4-12H,1-3H3,(H,22,24). The van der Waals surface area contributed by atoms with Crippen LogP contribution in [0, 0.1) is 12.7 Å². The minimum atomic E-state index is -0.475. The van der Waals surface area contributed by atoms with Crippen LogP contribution in [0.3, 0.4) is 0 Å². The number of carbonyl (C=O) groups excluding carboxylic acids is 1. The number of halogens is 1. The molecule has 0 aliphatic carbocycles. The number of aromatic nitrogens is 1. The van der Waals surface area contributed by atoms with Gasteiger partial charge in [0, 0.05) is 5.56 Å². The molecule has 1 amide bonds. The first-order valence-corrected chi connectivity index (χ1v) is 8.17. The summed E-state index contributed by atoms with van der Waals surface area (Å²) in [6.45, 7) is 3.47. The maximum Gasteiger partial charge on any atom is 0.257 e. The van der Waals surface area contributed by atoms with Crippen molar-refractivity contribution in [3.63, 3.8) is 0 Å². The van der Waals surface area contributed by atoms with E-state index in [1.165, 1.54) is 19.2 Å². The highest BCUT2D eigenvalue weighted by atomic mass is 19.1. The van der Waals surface area contributed by atoms with Gasteiger partial charge in [-0.05, 0) is 31.5 Å². The number of hydrogen-bond donors (Lipinski definition) is 1. The Balaban J connectivity index is 1.85. The summed E-state index contributed by atoms with van der Waals surface area (Å²) in [4.78, 5) is 12.8. The molecule has 0 aliphatic rings. The Morgan fingerprint density at radius 1 is 1.23 bits per heavy atom. The Bertz CT molecular complexity index is 922. The highest BCUT2D eigenvalue weighted by Gasteiger charge is 2.23. The summed E-state index contributed by atoms with van der Waals surface area (Å²) >= 11 is 0. The van der Waals surface area contributed by atoms with Crippen molar-refractivity contribution in [2.75, 3.05) is 7.11 Å². The molecule has 0 saturated carbocycles. The average molecular weight is 354 g/mol. The van der Waals surface area contributed by atoms with E-state index in [-0.39, 0.29) is 11.7 Å². The van der Waals surface area contributed by atoms with Gasteiger partial charge in [-0.2, -0.15) is 0 Å². The third-order valence-electron chi connectivity index (χ3n) is 4.16. The van der Waals surface area contributed by atoms with Crippen LogP contribution >= 0.6 is 0 Å². The number of nitrogens with one attached hydrogen (secondary N) is 1. The largest absolute Gasteiger partial charge is 0.494 e. The van der Waals surface area contributed by atoms with E-state index in [1.807, 2.05) is 30.3 Å². The zero-order valence-corrected chi connectivity index (χ0v) is 14.7. The molecule has 3 aromatic rings. The number of hydrogen-bond acceptors (Lipinski definition) is 4. The molecular weight excluding hydrogens is 335 g/mol. The monoisotopic (exact) mass is 354 g/mol. The highest BCUT2D eigenvalue weighted by Crippen LogP contribution is 2.26. The van der Waals surface area contributed by atoms with Crippen LogP contribution in [-0.4, -0.2) is 18.2 Å². The van der Waals surface area contributed by atoms with Gasteiger partial charge < -0.3 is 14.6 Å². The third-order valence-corrected chi connectivity index (χ3v) is 4.16. The number of benzene rings is 2. The molecule has 1 aromatic heterocycles. The first kappa shape index (κ1) is 17.7. The lowest BCUT2D eigenvalue weighted by molar-refractivity contribution is 0.0939. The van der Waals surface area contributed by atoms with E-state index < -0.39 is 11.9 Å². The van der Waals surface area contributed by atoms with E-state index in [9.17, 15) is 9.18 Å². The molecule has 1 atom stereocenters. The van der Waals surface area contributed by atoms with E-state index in [0.717, 1.165) is 5.56 Å². The van der Waals surface area contributed by atoms with Crippen molar-refractivity contribution in [1.82, 2.24) is 10.5 Å². The van der Waals surface area contributed by atoms with Gasteiger partial charge in [-0.25, -0.2) is 4.39 Å². The molecule has 134 valence electrons. The molecule has 0 radical (unpaired) electrons. The molecule has 0 saturated heterocycles. The lowest BCUT2D eigenvalue weighted by Crippen LogP contribution is -2.27. The van der Waals surface area contributed by atoms with Gasteiger partial charge in [0.2, 0.25) is 0 Å². The van der Waals surface area contributed by atoms with Gasteiger partial charge in [-0.1, -0.05) is 41.6 Å². The van der Waals surface area contributed by atoms with Crippen LogP contribution < -0.4 is 10.1 Å². The summed E-state index contributed by atoms with van der Waals surface area (Å²) in [6.07, 6.45) is 0. The normalized spacial score (nSPS) is 11.8. The second-order valence-corrected chi connectivity index (χ2v) is 5.92. The summed E-state index contributed by atoms with van der Waals surface area (Å²) in [5.41, 5.74) is 2.27. The van der Waals surface area contributed by atoms with Crippen LogP contribution in [0.1, 0.15) is 34.6 Å². The molecule has 2 aromatic carbocycles. The number of carbonyl (C=O) groups is 1. The Kier molecular flexibility index (Phi) is 5.02. The summed E-state index contributed by atoms with van der Waals surface area (Å²) in [5, 5.41) is 6.88. The molecule has 1 heterocycles. The van der Waals surface area contributed by atoms with Crippen molar-refractivity contribution in [2.45, 2.75) is 19.9 Å². The van der Waals surface area contributed by atoms with Gasteiger partial charge >= 0.3 is 0 Å². The third kappa shape index (κ3) is 3.44. The fourth-order valence-corrected chi connectivity index (χ4v) is 2.74. The van der Waals surface area contributed by atoms with Crippen molar-refractivity contribution in [3.8, 4) is 17.0 Å². The minimum absolute atomic E-state index is 0.161. The zero-order chi connectivity index (χ0) is 18.7. The van der Waals surface area contributed by atoms with E-state index >= 15 is 0 Å². The van der Waals surface area contributed by atoms with Gasteiger partial charge in [-0.15, -0.1) is 0 Å². The number of nitrogens with zero attached hydrogens (tertiary/aromatic N) is 1. The molecule has 26 heavy (non-hydrogen) atoms. The van der Waals surface area contributed by atoms with E-state index in [4.69, 9.17) is 9.26 Å². The number of amides is 1. The SMILES string of the molecule is COc1ccc(C(C)NC(=O)c2c(-c3ccccc3)noc2C)cc1F. The summed E-state index contributed by atoms with van der Waals surface area (Å²) in [7, 11) is 1.41. The molecule has 1 unspecified atom stereocenters. The van der Waals surface area contributed by atoms with Crippen molar-refractivity contribution in [2.24, 2.45) is 0 Å². The lowest BCUT2D eigenvalue weighted by atomic mass is 10.0. The summed E-state index contributed by atoms with van der Waals surface area (Å²) in [6, 6.07) is 13.5. The Labute approximate surface area is 150 Å². The lowest BCUT2D eigenvalue weighted by Gasteiger charge is -2.15. The Morgan fingerprint density at radius 3 is 2.62 bits per heavy atom. The average Bonchev–Trinajstić information content (AvgIpc) is 3.04. The number of ether oxygens (including phenoxy) is 1. The number of rotatable bonds is 5. The quantitative estimate of drug-likeness (QED) is 0.742. The predicted molar refractivity (Wildman–Crippen MR) is 95.5 cm³/mol. The molecular formula is C20H19FN2O3. The van der Waals surface area contributed by atoms with Gasteiger partial charge in [0.25, 0.3) is 5.91 Å². The van der Waals surface area contributed by atoms with Crippen LogP contribution in [-0.2, 0) is 0 Å². The topological polar surface area (TPSA) is 64.4 Å². The van der Waals surface area contributed by atoms with E-state index in [1.54, 1.807) is 19.9 Å². The van der Waals surface area contributed by atoms with Crippen molar-refractivity contribution < 1.29 is 18.4 Å².